The molecule has 1 aliphatic carbocycles. The van der Waals surface area contributed by atoms with Crippen LogP contribution in [0.15, 0.2) is 0 Å². The van der Waals surface area contributed by atoms with Crippen molar-refractivity contribution in [3.63, 3.8) is 0 Å². The van der Waals surface area contributed by atoms with Crippen LogP contribution in [0.25, 0.3) is 0 Å². The van der Waals surface area contributed by atoms with Gasteiger partial charge in [-0.15, -0.1) is 0 Å². The average Bonchev–Trinajstić information content (AvgIpc) is 2.61. The topological polar surface area (TPSA) is 89.3 Å². The molecule has 18 heavy (non-hydrogen) atoms. The van der Waals surface area contributed by atoms with Gasteiger partial charge in [0, 0.05) is 17.3 Å². The minimum atomic E-state index is -2.90. The maximum atomic E-state index is 11.5. The van der Waals surface area contributed by atoms with Crippen LogP contribution in [0, 0.1) is 0 Å². The molecule has 1 aliphatic rings. The van der Waals surface area contributed by atoms with Crippen LogP contribution in [-0.2, 0) is 14.6 Å². The summed E-state index contributed by atoms with van der Waals surface area (Å²) >= 11 is 1.63. The highest BCUT2D eigenvalue weighted by Gasteiger charge is 2.43. The van der Waals surface area contributed by atoms with Gasteiger partial charge in [0.2, 0.25) is 5.91 Å². The van der Waals surface area contributed by atoms with Gasteiger partial charge in [-0.2, -0.15) is 11.8 Å². The number of hydrogen-bond donors (Lipinski definition) is 2. The van der Waals surface area contributed by atoms with Gasteiger partial charge in [-0.1, -0.05) is 6.92 Å². The van der Waals surface area contributed by atoms with E-state index in [-0.39, 0.29) is 11.7 Å². The molecule has 106 valence electrons. The van der Waals surface area contributed by atoms with Gasteiger partial charge < -0.3 is 11.1 Å². The zero-order valence-corrected chi connectivity index (χ0v) is 12.6. The van der Waals surface area contributed by atoms with Crippen molar-refractivity contribution >= 4 is 27.5 Å². The fourth-order valence-corrected chi connectivity index (χ4v) is 4.93. The predicted molar refractivity (Wildman–Crippen MR) is 75.4 cm³/mol. The summed E-state index contributed by atoms with van der Waals surface area (Å²) in [5.74, 6) is 0.485. The van der Waals surface area contributed by atoms with Gasteiger partial charge in [-0.05, 0) is 25.8 Å². The molecule has 0 aliphatic heterocycles. The number of sulfone groups is 1. The van der Waals surface area contributed by atoms with Gasteiger partial charge >= 0.3 is 0 Å². The number of primary amides is 1. The smallest absolute Gasteiger partial charge is 0.237 e. The first kappa shape index (κ1) is 15.8. The first-order valence-corrected chi connectivity index (χ1v) is 9.24. The van der Waals surface area contributed by atoms with Crippen LogP contribution in [0.4, 0.5) is 0 Å². The molecule has 0 aromatic heterocycles. The lowest BCUT2D eigenvalue weighted by Crippen LogP contribution is -2.53. The molecule has 0 radical (unpaired) electrons. The second-order valence-electron chi connectivity index (χ2n) is 4.84. The van der Waals surface area contributed by atoms with Crippen molar-refractivity contribution in [3.05, 3.63) is 0 Å². The molecule has 0 aromatic rings. The molecule has 0 heterocycles. The highest BCUT2D eigenvalue weighted by atomic mass is 32.2. The van der Waals surface area contributed by atoms with E-state index < -0.39 is 15.4 Å². The first-order chi connectivity index (χ1) is 8.29. The van der Waals surface area contributed by atoms with Crippen molar-refractivity contribution in [2.75, 3.05) is 24.3 Å². The van der Waals surface area contributed by atoms with E-state index in [0.717, 1.165) is 12.8 Å². The van der Waals surface area contributed by atoms with E-state index in [2.05, 4.69) is 5.32 Å². The maximum absolute atomic E-state index is 11.5. The molecule has 2 atom stereocenters. The average molecular weight is 294 g/mol. The van der Waals surface area contributed by atoms with Crippen LogP contribution in [0.1, 0.15) is 26.2 Å². The zero-order valence-electron chi connectivity index (χ0n) is 10.9. The Labute approximate surface area is 113 Å². The van der Waals surface area contributed by atoms with Gasteiger partial charge in [-0.3, -0.25) is 4.79 Å². The van der Waals surface area contributed by atoms with Crippen molar-refractivity contribution < 1.29 is 13.2 Å². The Kier molecular flexibility index (Phi) is 5.48. The Morgan fingerprint density at radius 1 is 1.56 bits per heavy atom. The second kappa shape index (κ2) is 6.25. The lowest BCUT2D eigenvalue weighted by atomic mass is 9.97. The summed E-state index contributed by atoms with van der Waals surface area (Å²) in [5.41, 5.74) is 4.89. The number of amides is 1. The molecule has 0 aromatic carbocycles. The minimum absolute atomic E-state index is 0.193. The van der Waals surface area contributed by atoms with E-state index >= 15 is 0 Å². The van der Waals surface area contributed by atoms with E-state index in [1.165, 1.54) is 6.26 Å². The van der Waals surface area contributed by atoms with Crippen molar-refractivity contribution in [2.24, 2.45) is 5.73 Å². The summed E-state index contributed by atoms with van der Waals surface area (Å²) in [6, 6.07) is 0. The number of carbonyl (C=O) groups excluding carboxylic acids is 1. The van der Waals surface area contributed by atoms with Gasteiger partial charge in [0.1, 0.15) is 9.84 Å². The van der Waals surface area contributed by atoms with E-state index in [0.29, 0.717) is 24.0 Å². The summed E-state index contributed by atoms with van der Waals surface area (Å²) in [6.45, 7) is 2.67. The Balaban J connectivity index is 2.46. The molecule has 7 heteroatoms. The molecule has 0 spiro atoms. The van der Waals surface area contributed by atoms with Gasteiger partial charge in [0.15, 0.2) is 0 Å². The summed E-state index contributed by atoms with van der Waals surface area (Å²) in [6.07, 6.45) is 3.59. The predicted octanol–water partition coefficient (Wildman–Crippen LogP) is 0.150. The summed E-state index contributed by atoms with van der Waals surface area (Å²) < 4.78 is 22.1. The Hall–Kier alpha value is -0.270. The lowest BCUT2D eigenvalue weighted by molar-refractivity contribution is -0.124. The third-order valence-corrected chi connectivity index (χ3v) is 5.78. The largest absolute Gasteiger partial charge is 0.368 e. The van der Waals surface area contributed by atoms with Crippen LogP contribution < -0.4 is 11.1 Å². The lowest BCUT2D eigenvalue weighted by Gasteiger charge is -2.26. The molecule has 1 amide bonds. The standard InChI is InChI=1S/C11H22N2O3S2/c1-3-13-11(10(12)14)5-4-9(8-11)17-6-7-18(2,15)16/h9,13H,3-8H2,1-2H3,(H2,12,14). The van der Waals surface area contributed by atoms with E-state index in [1.54, 1.807) is 11.8 Å². The molecule has 5 nitrogen and oxygen atoms in total. The van der Waals surface area contributed by atoms with Crippen molar-refractivity contribution in [1.82, 2.24) is 5.32 Å². The number of likely N-dealkylation sites (N-methyl/N-ethyl adjacent to an activating group) is 1. The van der Waals surface area contributed by atoms with Gasteiger partial charge in [0.25, 0.3) is 0 Å². The Morgan fingerprint density at radius 2 is 2.22 bits per heavy atom. The Bertz CT molecular complexity index is 397. The number of nitrogens with two attached hydrogens (primary N) is 1. The van der Waals surface area contributed by atoms with Crippen LogP contribution >= 0.6 is 11.8 Å². The SMILES string of the molecule is CCNC1(C(N)=O)CCC(SCCS(C)(=O)=O)C1. The molecule has 0 bridgehead atoms. The molecule has 3 N–H and O–H groups in total. The van der Waals surface area contributed by atoms with Crippen LogP contribution in [0.2, 0.25) is 0 Å². The molecule has 1 fully saturated rings. The molecule has 1 saturated carbocycles. The second-order valence-corrected chi connectivity index (χ2v) is 8.51. The van der Waals surface area contributed by atoms with Gasteiger partial charge in [0.05, 0.1) is 11.3 Å². The molecule has 0 saturated heterocycles. The number of nitrogens with one attached hydrogen (secondary N) is 1. The summed E-state index contributed by atoms with van der Waals surface area (Å²) in [5, 5.41) is 3.51. The van der Waals surface area contributed by atoms with E-state index in [1.807, 2.05) is 6.92 Å². The fourth-order valence-electron chi connectivity index (χ4n) is 2.32. The normalized spacial score (nSPS) is 28.4. The first-order valence-electron chi connectivity index (χ1n) is 6.13. The van der Waals surface area contributed by atoms with Crippen molar-refractivity contribution in [2.45, 2.75) is 37.0 Å². The molecule has 1 rings (SSSR count). The minimum Gasteiger partial charge on any atom is -0.368 e. The number of thioether (sulfide) groups is 1. The quantitative estimate of drug-likeness (QED) is 0.698. The Morgan fingerprint density at radius 3 is 2.72 bits per heavy atom. The highest BCUT2D eigenvalue weighted by Crippen LogP contribution is 2.37. The van der Waals surface area contributed by atoms with Crippen LogP contribution in [0.3, 0.4) is 0 Å². The van der Waals surface area contributed by atoms with Crippen LogP contribution in [0.5, 0.6) is 0 Å². The van der Waals surface area contributed by atoms with Crippen molar-refractivity contribution in [3.8, 4) is 0 Å². The van der Waals surface area contributed by atoms with Crippen LogP contribution in [-0.4, -0.2) is 49.4 Å². The summed E-state index contributed by atoms with van der Waals surface area (Å²) in [4.78, 5) is 11.5. The third-order valence-electron chi connectivity index (χ3n) is 3.26. The molecular weight excluding hydrogens is 272 g/mol. The number of carbonyl (C=O) groups is 1. The monoisotopic (exact) mass is 294 g/mol. The summed E-state index contributed by atoms with van der Waals surface area (Å²) in [7, 11) is -2.90. The third kappa shape index (κ3) is 4.44. The highest BCUT2D eigenvalue weighted by molar-refractivity contribution is 8.01. The maximum Gasteiger partial charge on any atom is 0.237 e. The van der Waals surface area contributed by atoms with E-state index in [4.69, 9.17) is 5.73 Å². The zero-order chi connectivity index (χ0) is 13.8. The molecular formula is C11H22N2O3S2. The fraction of sp³-hybridized carbons (Fsp3) is 0.909. The van der Waals surface area contributed by atoms with Crippen molar-refractivity contribution in [1.29, 1.82) is 0 Å². The van der Waals surface area contributed by atoms with E-state index in [9.17, 15) is 13.2 Å². The number of hydrogen-bond acceptors (Lipinski definition) is 5. The van der Waals surface area contributed by atoms with Gasteiger partial charge in [-0.25, -0.2) is 8.42 Å². The molecule has 2 unspecified atom stereocenters. The number of rotatable bonds is 7.